The minimum atomic E-state index is -1.74. The van der Waals surface area contributed by atoms with Crippen molar-refractivity contribution in [1.29, 1.82) is 5.26 Å². The lowest BCUT2D eigenvalue weighted by atomic mass is 10.2. The predicted molar refractivity (Wildman–Crippen MR) is 107 cm³/mol. The molecule has 0 aliphatic carbocycles. The molecular formula is C21H15F2N3O3S. The molecule has 3 aromatic rings. The molecule has 0 radical (unpaired) electrons. The van der Waals surface area contributed by atoms with Crippen LogP contribution in [0, 0.1) is 29.9 Å². The number of carbonyl (C=O) groups is 1. The van der Waals surface area contributed by atoms with Gasteiger partial charge in [0, 0.05) is 36.0 Å². The smallest absolute Gasteiger partial charge is 0.263 e. The van der Waals surface area contributed by atoms with Gasteiger partial charge in [-0.1, -0.05) is 0 Å². The van der Waals surface area contributed by atoms with Crippen LogP contribution in [0.15, 0.2) is 63.1 Å². The number of aryl methyl sites for hydroxylation is 1. The summed E-state index contributed by atoms with van der Waals surface area (Å²) in [5.74, 6) is -2.56. The number of rotatable bonds is 4. The van der Waals surface area contributed by atoms with Crippen LogP contribution in [-0.4, -0.2) is 22.5 Å². The normalized spacial score (nSPS) is 11.6. The first-order valence-electron chi connectivity index (χ1n) is 8.61. The van der Waals surface area contributed by atoms with E-state index in [9.17, 15) is 22.9 Å². The number of aromatic amines is 1. The maximum Gasteiger partial charge on any atom is 0.263 e. The molecule has 6 nitrogen and oxygen atoms in total. The Kier molecular flexibility index (Phi) is 6.01. The molecule has 1 aromatic heterocycles. The van der Waals surface area contributed by atoms with Gasteiger partial charge >= 0.3 is 0 Å². The number of nitrogens with one attached hydrogen (secondary N) is 1. The molecule has 1 heterocycles. The van der Waals surface area contributed by atoms with E-state index in [1.54, 1.807) is 0 Å². The third-order valence-corrected chi connectivity index (χ3v) is 5.88. The first-order chi connectivity index (χ1) is 14.2. The number of hydrogen-bond donors (Lipinski definition) is 1. The molecule has 0 spiro atoms. The second kappa shape index (κ2) is 8.49. The number of anilines is 1. The molecule has 1 N–H and O–H groups in total. The second-order valence-electron chi connectivity index (χ2n) is 6.40. The Hall–Kier alpha value is -3.48. The third kappa shape index (κ3) is 4.25. The largest absolute Gasteiger partial charge is 0.606 e. The van der Waals surface area contributed by atoms with Crippen molar-refractivity contribution in [3.63, 3.8) is 0 Å². The summed E-state index contributed by atoms with van der Waals surface area (Å²) < 4.78 is 39.9. The lowest BCUT2D eigenvalue weighted by Gasteiger charge is -2.18. The second-order valence-corrected chi connectivity index (χ2v) is 7.85. The molecule has 1 unspecified atom stereocenters. The van der Waals surface area contributed by atoms with Gasteiger partial charge in [0.1, 0.15) is 17.2 Å². The van der Waals surface area contributed by atoms with Gasteiger partial charge in [0.2, 0.25) is 0 Å². The highest BCUT2D eigenvalue weighted by Gasteiger charge is 2.25. The van der Waals surface area contributed by atoms with Crippen LogP contribution in [0.3, 0.4) is 0 Å². The van der Waals surface area contributed by atoms with Crippen LogP contribution in [0.2, 0.25) is 0 Å². The number of hydrogen-bond acceptors (Lipinski definition) is 4. The number of carbonyl (C=O) groups excluding carboxylic acids is 1. The van der Waals surface area contributed by atoms with Crippen LogP contribution in [0.25, 0.3) is 0 Å². The number of halogens is 2. The van der Waals surface area contributed by atoms with Crippen molar-refractivity contribution in [3.8, 4) is 6.07 Å². The highest BCUT2D eigenvalue weighted by Crippen LogP contribution is 2.24. The van der Waals surface area contributed by atoms with E-state index in [0.29, 0.717) is 22.2 Å². The fourth-order valence-electron chi connectivity index (χ4n) is 2.77. The molecule has 0 saturated heterocycles. The summed E-state index contributed by atoms with van der Waals surface area (Å²) in [5, 5.41) is 8.88. The highest BCUT2D eigenvalue weighted by atomic mass is 32.2. The van der Waals surface area contributed by atoms with E-state index >= 15 is 0 Å². The van der Waals surface area contributed by atoms with Gasteiger partial charge in [0.25, 0.3) is 11.5 Å². The van der Waals surface area contributed by atoms with Crippen LogP contribution >= 0.6 is 0 Å². The first kappa shape index (κ1) is 21.2. The third-order valence-electron chi connectivity index (χ3n) is 4.36. The summed E-state index contributed by atoms with van der Waals surface area (Å²) in [7, 11) is 1.27. The SMILES string of the molecule is Cc1[nH]c(=O)c(C(=O)N(C)c2cc(F)cc(F)c2)cc1[S+]([O-])c1ccc(C#N)cc1. The number of pyridine rings is 1. The van der Waals surface area contributed by atoms with Crippen molar-refractivity contribution in [2.45, 2.75) is 16.7 Å². The van der Waals surface area contributed by atoms with Crippen LogP contribution in [0.1, 0.15) is 21.6 Å². The van der Waals surface area contributed by atoms with Crippen molar-refractivity contribution < 1.29 is 18.1 Å². The summed E-state index contributed by atoms with van der Waals surface area (Å²) in [4.78, 5) is 29.2. The van der Waals surface area contributed by atoms with Gasteiger partial charge in [0.15, 0.2) is 9.79 Å². The number of H-pyrrole nitrogens is 1. The zero-order valence-electron chi connectivity index (χ0n) is 15.9. The Morgan fingerprint density at radius 1 is 1.13 bits per heavy atom. The number of aromatic nitrogens is 1. The molecule has 1 amide bonds. The zero-order chi connectivity index (χ0) is 22.0. The predicted octanol–water partition coefficient (Wildman–Crippen LogP) is 3.28. The first-order valence-corrected chi connectivity index (χ1v) is 9.76. The minimum Gasteiger partial charge on any atom is -0.606 e. The van der Waals surface area contributed by atoms with Gasteiger partial charge in [-0.3, -0.25) is 9.59 Å². The Morgan fingerprint density at radius 2 is 1.73 bits per heavy atom. The van der Waals surface area contributed by atoms with Crippen molar-refractivity contribution in [2.75, 3.05) is 11.9 Å². The molecule has 9 heteroatoms. The van der Waals surface area contributed by atoms with Crippen molar-refractivity contribution in [3.05, 3.63) is 87.3 Å². The van der Waals surface area contributed by atoms with Crippen LogP contribution < -0.4 is 10.5 Å². The Balaban J connectivity index is 2.00. The van der Waals surface area contributed by atoms with Crippen LogP contribution in [0.4, 0.5) is 14.5 Å². The molecule has 0 aliphatic heterocycles. The van der Waals surface area contributed by atoms with E-state index in [4.69, 9.17) is 5.26 Å². The standard InChI is InChI=1S/C21H15F2N3O3S/c1-12-19(30(29)17-5-3-13(11-24)4-6-17)10-18(20(27)25-12)21(28)26(2)16-8-14(22)7-15(23)9-16/h3-10H,1-2H3,(H,25,27). The van der Waals surface area contributed by atoms with Gasteiger partial charge in [-0.05, 0) is 43.3 Å². The summed E-state index contributed by atoms with van der Waals surface area (Å²) >= 11 is -1.74. The van der Waals surface area contributed by atoms with E-state index in [-0.39, 0.29) is 16.1 Å². The Bertz CT molecular complexity index is 1200. The molecule has 30 heavy (non-hydrogen) atoms. The van der Waals surface area contributed by atoms with E-state index in [0.717, 1.165) is 17.0 Å². The van der Waals surface area contributed by atoms with E-state index in [1.807, 2.05) is 6.07 Å². The van der Waals surface area contributed by atoms with Crippen molar-refractivity contribution in [1.82, 2.24) is 4.98 Å². The molecule has 0 saturated carbocycles. The minimum absolute atomic E-state index is 0.0766. The number of nitrogens with zero attached hydrogens (tertiary/aromatic N) is 2. The number of amides is 1. The topological polar surface area (TPSA) is 100 Å². The fourth-order valence-corrected chi connectivity index (χ4v) is 3.96. The zero-order valence-corrected chi connectivity index (χ0v) is 16.7. The molecule has 0 fully saturated rings. The lowest BCUT2D eigenvalue weighted by molar-refractivity contribution is 0.0991. The molecule has 2 aromatic carbocycles. The van der Waals surface area contributed by atoms with Crippen molar-refractivity contribution in [2.24, 2.45) is 0 Å². The van der Waals surface area contributed by atoms with Gasteiger partial charge < -0.3 is 14.4 Å². The molecule has 0 bridgehead atoms. The quantitative estimate of drug-likeness (QED) is 0.646. The van der Waals surface area contributed by atoms with E-state index < -0.39 is 34.3 Å². The Labute approximate surface area is 173 Å². The Morgan fingerprint density at radius 3 is 2.30 bits per heavy atom. The van der Waals surface area contributed by atoms with Gasteiger partial charge in [0.05, 0.1) is 17.3 Å². The molecule has 1 atom stereocenters. The maximum atomic E-state index is 13.5. The molecular weight excluding hydrogens is 412 g/mol. The molecule has 0 aliphatic rings. The van der Waals surface area contributed by atoms with Gasteiger partial charge in [-0.2, -0.15) is 5.26 Å². The van der Waals surface area contributed by atoms with E-state index in [1.165, 1.54) is 44.3 Å². The van der Waals surface area contributed by atoms with Crippen LogP contribution in [-0.2, 0) is 11.2 Å². The summed E-state index contributed by atoms with van der Waals surface area (Å²) in [6.45, 7) is 1.54. The van der Waals surface area contributed by atoms with Gasteiger partial charge in [-0.25, -0.2) is 8.78 Å². The average molecular weight is 427 g/mol. The summed E-state index contributed by atoms with van der Waals surface area (Å²) in [6, 6.07) is 11.8. The summed E-state index contributed by atoms with van der Waals surface area (Å²) in [6.07, 6.45) is 0. The van der Waals surface area contributed by atoms with Gasteiger partial charge in [-0.15, -0.1) is 0 Å². The number of nitriles is 1. The maximum absolute atomic E-state index is 13.5. The molecule has 152 valence electrons. The monoisotopic (exact) mass is 427 g/mol. The fraction of sp³-hybridized carbons (Fsp3) is 0.0952. The van der Waals surface area contributed by atoms with E-state index in [2.05, 4.69) is 4.98 Å². The lowest BCUT2D eigenvalue weighted by Crippen LogP contribution is -2.32. The molecule has 3 rings (SSSR count). The highest BCUT2D eigenvalue weighted by molar-refractivity contribution is 7.91. The van der Waals surface area contributed by atoms with Crippen molar-refractivity contribution >= 4 is 22.8 Å². The average Bonchev–Trinajstić information content (AvgIpc) is 2.71. The van der Waals surface area contributed by atoms with Crippen LogP contribution in [0.5, 0.6) is 0 Å². The summed E-state index contributed by atoms with van der Waals surface area (Å²) in [5.41, 5.74) is -0.425. The number of benzene rings is 2.